The molecule has 100 valence electrons. The van der Waals surface area contributed by atoms with Crippen LogP contribution in [0.25, 0.3) is 0 Å². The van der Waals surface area contributed by atoms with Gasteiger partial charge in [-0.3, -0.25) is 0 Å². The van der Waals surface area contributed by atoms with Gasteiger partial charge in [-0.05, 0) is 42.2 Å². The minimum atomic E-state index is 0.392. The molecule has 0 amide bonds. The summed E-state index contributed by atoms with van der Waals surface area (Å²) >= 11 is 0. The van der Waals surface area contributed by atoms with Crippen LogP contribution in [-0.2, 0) is 12.8 Å². The molecule has 0 unspecified atom stereocenters. The standard InChI is InChI=1S/C19H24/c1-3-19(4-2,15-17-11-7-5-8-12-17)16-18-13-9-6-10-14-18/h5-14H,3-4,15-16H2,1-2H3. The second kappa shape index (κ2) is 6.56. The maximum atomic E-state index is 2.33. The summed E-state index contributed by atoms with van der Waals surface area (Å²) in [7, 11) is 0. The predicted molar refractivity (Wildman–Crippen MR) is 83.3 cm³/mol. The second-order valence-corrected chi connectivity index (χ2v) is 5.53. The summed E-state index contributed by atoms with van der Waals surface area (Å²) in [6.07, 6.45) is 4.81. The lowest BCUT2D eigenvalue weighted by atomic mass is 9.72. The third-order valence-electron chi connectivity index (χ3n) is 4.34. The van der Waals surface area contributed by atoms with Gasteiger partial charge in [0.25, 0.3) is 0 Å². The summed E-state index contributed by atoms with van der Waals surface area (Å²) in [5, 5.41) is 0. The van der Waals surface area contributed by atoms with Crippen LogP contribution in [0.4, 0.5) is 0 Å². The molecule has 0 bridgehead atoms. The molecule has 2 aromatic carbocycles. The molecule has 0 radical (unpaired) electrons. The Morgan fingerprint density at radius 1 is 0.632 bits per heavy atom. The van der Waals surface area contributed by atoms with Crippen molar-refractivity contribution < 1.29 is 0 Å². The van der Waals surface area contributed by atoms with Crippen LogP contribution in [0.2, 0.25) is 0 Å². The quantitative estimate of drug-likeness (QED) is 0.656. The first kappa shape index (κ1) is 13.9. The van der Waals surface area contributed by atoms with Crippen molar-refractivity contribution in [3.05, 3.63) is 71.8 Å². The fourth-order valence-corrected chi connectivity index (χ4v) is 2.87. The van der Waals surface area contributed by atoms with Crippen molar-refractivity contribution in [2.24, 2.45) is 5.41 Å². The zero-order valence-electron chi connectivity index (χ0n) is 12.1. The SMILES string of the molecule is CCC(CC)(Cc1ccccc1)Cc1ccccc1. The average molecular weight is 252 g/mol. The zero-order chi connectivity index (χ0) is 13.6. The van der Waals surface area contributed by atoms with Gasteiger partial charge < -0.3 is 0 Å². The van der Waals surface area contributed by atoms with Crippen LogP contribution in [0.1, 0.15) is 37.8 Å². The molecule has 0 fully saturated rings. The van der Waals surface area contributed by atoms with Crippen molar-refractivity contribution in [2.45, 2.75) is 39.5 Å². The molecule has 0 N–H and O–H groups in total. The third-order valence-corrected chi connectivity index (χ3v) is 4.34. The highest BCUT2D eigenvalue weighted by Crippen LogP contribution is 2.34. The van der Waals surface area contributed by atoms with Gasteiger partial charge in [-0.15, -0.1) is 0 Å². The maximum absolute atomic E-state index is 2.33. The molecule has 2 rings (SSSR count). The van der Waals surface area contributed by atoms with Crippen molar-refractivity contribution in [1.29, 1.82) is 0 Å². The highest BCUT2D eigenvalue weighted by molar-refractivity contribution is 5.20. The largest absolute Gasteiger partial charge is 0.0648 e. The van der Waals surface area contributed by atoms with E-state index in [1.807, 2.05) is 0 Å². The van der Waals surface area contributed by atoms with Crippen molar-refractivity contribution in [2.75, 3.05) is 0 Å². The van der Waals surface area contributed by atoms with Gasteiger partial charge in [0.15, 0.2) is 0 Å². The monoisotopic (exact) mass is 252 g/mol. The first-order chi connectivity index (χ1) is 9.28. The smallest absolute Gasteiger partial charge is 0.0219 e. The van der Waals surface area contributed by atoms with E-state index in [0.717, 1.165) is 0 Å². The minimum absolute atomic E-state index is 0.392. The molecular weight excluding hydrogens is 228 g/mol. The summed E-state index contributed by atoms with van der Waals surface area (Å²) in [4.78, 5) is 0. The number of hydrogen-bond donors (Lipinski definition) is 0. The molecule has 0 heteroatoms. The van der Waals surface area contributed by atoms with Gasteiger partial charge in [-0.1, -0.05) is 74.5 Å². The van der Waals surface area contributed by atoms with Crippen LogP contribution in [0.15, 0.2) is 60.7 Å². The van der Waals surface area contributed by atoms with E-state index in [1.54, 1.807) is 0 Å². The van der Waals surface area contributed by atoms with E-state index in [4.69, 9.17) is 0 Å². The van der Waals surface area contributed by atoms with E-state index < -0.39 is 0 Å². The Hall–Kier alpha value is -1.56. The van der Waals surface area contributed by atoms with E-state index in [2.05, 4.69) is 74.5 Å². The summed E-state index contributed by atoms with van der Waals surface area (Å²) in [5.41, 5.74) is 3.31. The Balaban J connectivity index is 2.18. The fraction of sp³-hybridized carbons (Fsp3) is 0.368. The van der Waals surface area contributed by atoms with E-state index in [0.29, 0.717) is 5.41 Å². The lowest BCUT2D eigenvalue weighted by Crippen LogP contribution is -2.25. The van der Waals surface area contributed by atoms with E-state index in [1.165, 1.54) is 36.8 Å². The van der Waals surface area contributed by atoms with Crippen LogP contribution >= 0.6 is 0 Å². The van der Waals surface area contributed by atoms with Crippen LogP contribution in [0, 0.1) is 5.41 Å². The highest BCUT2D eigenvalue weighted by Gasteiger charge is 2.26. The number of benzene rings is 2. The number of hydrogen-bond acceptors (Lipinski definition) is 0. The van der Waals surface area contributed by atoms with Crippen LogP contribution in [0.3, 0.4) is 0 Å². The fourth-order valence-electron chi connectivity index (χ4n) is 2.87. The lowest BCUT2D eigenvalue weighted by Gasteiger charge is -2.32. The van der Waals surface area contributed by atoms with Gasteiger partial charge in [0.05, 0.1) is 0 Å². The van der Waals surface area contributed by atoms with E-state index in [-0.39, 0.29) is 0 Å². The zero-order valence-corrected chi connectivity index (χ0v) is 12.1. The van der Waals surface area contributed by atoms with Gasteiger partial charge in [0.1, 0.15) is 0 Å². The first-order valence-electron chi connectivity index (χ1n) is 7.36. The van der Waals surface area contributed by atoms with Gasteiger partial charge >= 0.3 is 0 Å². The summed E-state index contributed by atoms with van der Waals surface area (Å²) in [6, 6.07) is 21.8. The second-order valence-electron chi connectivity index (χ2n) is 5.53. The summed E-state index contributed by atoms with van der Waals surface area (Å²) in [6.45, 7) is 4.66. The van der Waals surface area contributed by atoms with Crippen LogP contribution in [-0.4, -0.2) is 0 Å². The molecule has 0 nitrogen and oxygen atoms in total. The summed E-state index contributed by atoms with van der Waals surface area (Å²) < 4.78 is 0. The Bertz CT molecular complexity index is 422. The van der Waals surface area contributed by atoms with Crippen LogP contribution < -0.4 is 0 Å². The molecule has 0 aliphatic carbocycles. The predicted octanol–water partition coefficient (Wildman–Crippen LogP) is 5.28. The van der Waals surface area contributed by atoms with E-state index in [9.17, 15) is 0 Å². The first-order valence-corrected chi connectivity index (χ1v) is 7.36. The van der Waals surface area contributed by atoms with Crippen molar-refractivity contribution >= 4 is 0 Å². The Kier molecular flexibility index (Phi) is 4.79. The molecule has 0 aliphatic heterocycles. The Labute approximate surface area is 117 Å². The highest BCUT2D eigenvalue weighted by atomic mass is 14.3. The van der Waals surface area contributed by atoms with Crippen molar-refractivity contribution in [3.63, 3.8) is 0 Å². The molecule has 19 heavy (non-hydrogen) atoms. The molecular formula is C19H24. The summed E-state index contributed by atoms with van der Waals surface area (Å²) in [5.74, 6) is 0. The van der Waals surface area contributed by atoms with Gasteiger partial charge in [0.2, 0.25) is 0 Å². The molecule has 0 saturated heterocycles. The van der Waals surface area contributed by atoms with Gasteiger partial charge in [-0.2, -0.15) is 0 Å². The van der Waals surface area contributed by atoms with Crippen molar-refractivity contribution in [3.8, 4) is 0 Å². The average Bonchev–Trinajstić information content (AvgIpc) is 2.48. The van der Waals surface area contributed by atoms with Gasteiger partial charge in [-0.25, -0.2) is 0 Å². The molecule has 0 spiro atoms. The molecule has 0 heterocycles. The van der Waals surface area contributed by atoms with Crippen molar-refractivity contribution in [1.82, 2.24) is 0 Å². The normalized spacial score (nSPS) is 11.5. The molecule has 0 aromatic heterocycles. The Morgan fingerprint density at radius 3 is 1.32 bits per heavy atom. The number of rotatable bonds is 6. The lowest BCUT2D eigenvalue weighted by molar-refractivity contribution is 0.257. The third kappa shape index (κ3) is 3.70. The Morgan fingerprint density at radius 2 is 1.00 bits per heavy atom. The van der Waals surface area contributed by atoms with E-state index >= 15 is 0 Å². The molecule has 0 aliphatic rings. The van der Waals surface area contributed by atoms with Gasteiger partial charge in [0, 0.05) is 0 Å². The minimum Gasteiger partial charge on any atom is -0.0648 e. The van der Waals surface area contributed by atoms with Crippen LogP contribution in [0.5, 0.6) is 0 Å². The maximum Gasteiger partial charge on any atom is -0.0219 e. The molecule has 0 atom stereocenters. The topological polar surface area (TPSA) is 0 Å². The molecule has 2 aromatic rings. The molecule has 0 saturated carbocycles.